The third kappa shape index (κ3) is 6.79. The van der Waals surface area contributed by atoms with Crippen LogP contribution in [0.15, 0.2) is 48.5 Å². The predicted octanol–water partition coefficient (Wildman–Crippen LogP) is 4.07. The Morgan fingerprint density at radius 2 is 1.85 bits per heavy atom. The van der Waals surface area contributed by atoms with Crippen LogP contribution in [0.1, 0.15) is 25.0 Å². The predicted molar refractivity (Wildman–Crippen MR) is 109 cm³/mol. The molecule has 2 N–H and O–H groups in total. The van der Waals surface area contributed by atoms with Gasteiger partial charge in [0.2, 0.25) is 11.8 Å². The molecule has 0 aliphatic carbocycles. The van der Waals surface area contributed by atoms with Gasteiger partial charge in [-0.2, -0.15) is 0 Å². The standard InChI is InChI=1S/C21H23ClN2O3/c1-14(2)23-21(26)12-15-4-8-18(9-5-15)24-20(25)11-6-16-13-17(22)7-10-19(16)27-3/h4-11,13-14H,12H2,1-3H3,(H,23,26)(H,24,25)/b11-6+. The Kier molecular flexibility index (Phi) is 7.44. The van der Waals surface area contributed by atoms with E-state index < -0.39 is 0 Å². The van der Waals surface area contributed by atoms with Gasteiger partial charge in [0.25, 0.3) is 0 Å². The van der Waals surface area contributed by atoms with Gasteiger partial charge in [0, 0.05) is 28.4 Å². The molecule has 27 heavy (non-hydrogen) atoms. The van der Waals surface area contributed by atoms with Crippen molar-refractivity contribution in [2.75, 3.05) is 12.4 Å². The normalized spacial score (nSPS) is 10.9. The number of rotatable bonds is 7. The number of amides is 2. The topological polar surface area (TPSA) is 67.4 Å². The highest BCUT2D eigenvalue weighted by Crippen LogP contribution is 2.23. The van der Waals surface area contributed by atoms with Crippen molar-refractivity contribution in [2.45, 2.75) is 26.3 Å². The Bertz CT molecular complexity index is 830. The second kappa shape index (κ2) is 9.78. The summed E-state index contributed by atoms with van der Waals surface area (Å²) in [6, 6.07) is 12.5. The molecule has 0 saturated heterocycles. The van der Waals surface area contributed by atoms with Crippen LogP contribution in [0.5, 0.6) is 5.75 Å². The Morgan fingerprint density at radius 1 is 1.15 bits per heavy atom. The third-order valence-electron chi connectivity index (χ3n) is 3.64. The molecule has 0 aromatic heterocycles. The van der Waals surface area contributed by atoms with Crippen molar-refractivity contribution >= 4 is 35.2 Å². The minimum absolute atomic E-state index is 0.0276. The molecule has 0 aliphatic rings. The quantitative estimate of drug-likeness (QED) is 0.705. The first kappa shape index (κ1) is 20.5. The van der Waals surface area contributed by atoms with Crippen molar-refractivity contribution in [1.29, 1.82) is 0 Å². The first-order chi connectivity index (χ1) is 12.9. The minimum Gasteiger partial charge on any atom is -0.496 e. The molecule has 142 valence electrons. The Labute approximate surface area is 164 Å². The number of benzene rings is 2. The van der Waals surface area contributed by atoms with Gasteiger partial charge in [-0.25, -0.2) is 0 Å². The van der Waals surface area contributed by atoms with Crippen molar-refractivity contribution < 1.29 is 14.3 Å². The molecular weight excluding hydrogens is 364 g/mol. The molecule has 0 saturated carbocycles. The van der Waals surface area contributed by atoms with Crippen LogP contribution in [-0.2, 0) is 16.0 Å². The first-order valence-corrected chi connectivity index (χ1v) is 8.96. The Morgan fingerprint density at radius 3 is 2.48 bits per heavy atom. The molecule has 5 nitrogen and oxygen atoms in total. The smallest absolute Gasteiger partial charge is 0.248 e. The molecule has 0 aliphatic heterocycles. The van der Waals surface area contributed by atoms with E-state index in [9.17, 15) is 9.59 Å². The number of hydrogen-bond donors (Lipinski definition) is 2. The fourth-order valence-electron chi connectivity index (χ4n) is 2.45. The van der Waals surface area contributed by atoms with Gasteiger partial charge in [-0.05, 0) is 55.8 Å². The van der Waals surface area contributed by atoms with Crippen LogP contribution in [0.25, 0.3) is 6.08 Å². The summed E-state index contributed by atoms with van der Waals surface area (Å²) in [5.74, 6) is 0.329. The summed E-state index contributed by atoms with van der Waals surface area (Å²) < 4.78 is 5.25. The van der Waals surface area contributed by atoms with E-state index in [1.807, 2.05) is 26.0 Å². The van der Waals surface area contributed by atoms with Gasteiger partial charge in [0.1, 0.15) is 5.75 Å². The fourth-order valence-corrected chi connectivity index (χ4v) is 2.63. The number of halogens is 1. The van der Waals surface area contributed by atoms with E-state index in [4.69, 9.17) is 16.3 Å². The highest BCUT2D eigenvalue weighted by molar-refractivity contribution is 6.30. The van der Waals surface area contributed by atoms with Gasteiger partial charge >= 0.3 is 0 Å². The number of hydrogen-bond acceptors (Lipinski definition) is 3. The van der Waals surface area contributed by atoms with E-state index in [1.54, 1.807) is 43.5 Å². The summed E-state index contributed by atoms with van der Waals surface area (Å²) in [6.07, 6.45) is 3.36. The molecule has 0 spiro atoms. The third-order valence-corrected chi connectivity index (χ3v) is 3.88. The first-order valence-electron chi connectivity index (χ1n) is 8.58. The number of ether oxygens (including phenoxy) is 1. The van der Waals surface area contributed by atoms with Crippen LogP contribution in [0.3, 0.4) is 0 Å². The van der Waals surface area contributed by atoms with E-state index in [0.29, 0.717) is 28.4 Å². The summed E-state index contributed by atoms with van der Waals surface area (Å²) in [5, 5.41) is 6.19. The minimum atomic E-state index is -0.276. The number of methoxy groups -OCH3 is 1. The lowest BCUT2D eigenvalue weighted by atomic mass is 10.1. The lowest BCUT2D eigenvalue weighted by molar-refractivity contribution is -0.121. The number of anilines is 1. The maximum atomic E-state index is 12.1. The monoisotopic (exact) mass is 386 g/mol. The largest absolute Gasteiger partial charge is 0.496 e. The second-order valence-corrected chi connectivity index (χ2v) is 6.74. The van der Waals surface area contributed by atoms with Gasteiger partial charge in [0.15, 0.2) is 0 Å². The average molecular weight is 387 g/mol. The van der Waals surface area contributed by atoms with E-state index in [0.717, 1.165) is 5.56 Å². The molecule has 0 heterocycles. The van der Waals surface area contributed by atoms with Crippen LogP contribution in [0.2, 0.25) is 5.02 Å². The molecule has 0 fully saturated rings. The number of carbonyl (C=O) groups excluding carboxylic acids is 2. The van der Waals surface area contributed by atoms with Gasteiger partial charge in [-0.3, -0.25) is 9.59 Å². The van der Waals surface area contributed by atoms with Gasteiger partial charge in [0.05, 0.1) is 13.5 Å². The van der Waals surface area contributed by atoms with Gasteiger partial charge in [-0.15, -0.1) is 0 Å². The van der Waals surface area contributed by atoms with Crippen molar-refractivity contribution in [2.24, 2.45) is 0 Å². The van der Waals surface area contributed by atoms with Crippen molar-refractivity contribution in [3.05, 3.63) is 64.7 Å². The van der Waals surface area contributed by atoms with E-state index in [-0.39, 0.29) is 17.9 Å². The highest BCUT2D eigenvalue weighted by Gasteiger charge is 2.06. The zero-order chi connectivity index (χ0) is 19.8. The SMILES string of the molecule is COc1ccc(Cl)cc1/C=C/C(=O)Nc1ccc(CC(=O)NC(C)C)cc1. The maximum Gasteiger partial charge on any atom is 0.248 e. The molecule has 6 heteroatoms. The van der Waals surface area contributed by atoms with Crippen LogP contribution in [-0.4, -0.2) is 25.0 Å². The van der Waals surface area contributed by atoms with Crippen LogP contribution in [0.4, 0.5) is 5.69 Å². The lowest BCUT2D eigenvalue weighted by Gasteiger charge is -2.09. The molecule has 0 atom stereocenters. The molecule has 0 radical (unpaired) electrons. The molecule has 0 bridgehead atoms. The summed E-state index contributed by atoms with van der Waals surface area (Å²) in [4.78, 5) is 23.9. The molecule has 2 amide bonds. The number of nitrogens with one attached hydrogen (secondary N) is 2. The zero-order valence-corrected chi connectivity index (χ0v) is 16.3. The Hall–Kier alpha value is -2.79. The van der Waals surface area contributed by atoms with Crippen LogP contribution in [0, 0.1) is 0 Å². The molecular formula is C21H23ClN2O3. The van der Waals surface area contributed by atoms with Crippen LogP contribution >= 0.6 is 11.6 Å². The van der Waals surface area contributed by atoms with Gasteiger partial charge in [-0.1, -0.05) is 23.7 Å². The fraction of sp³-hybridized carbons (Fsp3) is 0.238. The van der Waals surface area contributed by atoms with Gasteiger partial charge < -0.3 is 15.4 Å². The molecule has 2 aromatic rings. The average Bonchev–Trinajstić information content (AvgIpc) is 2.61. The molecule has 0 unspecified atom stereocenters. The molecule has 2 aromatic carbocycles. The van der Waals surface area contributed by atoms with E-state index >= 15 is 0 Å². The second-order valence-electron chi connectivity index (χ2n) is 6.30. The highest BCUT2D eigenvalue weighted by atomic mass is 35.5. The van der Waals surface area contributed by atoms with Crippen molar-refractivity contribution in [1.82, 2.24) is 5.32 Å². The van der Waals surface area contributed by atoms with Crippen molar-refractivity contribution in [3.63, 3.8) is 0 Å². The summed E-state index contributed by atoms with van der Waals surface area (Å²) >= 11 is 5.98. The summed E-state index contributed by atoms with van der Waals surface area (Å²) in [6.45, 7) is 3.84. The van der Waals surface area contributed by atoms with E-state index in [2.05, 4.69) is 10.6 Å². The summed E-state index contributed by atoms with van der Waals surface area (Å²) in [7, 11) is 1.56. The number of carbonyl (C=O) groups is 2. The summed E-state index contributed by atoms with van der Waals surface area (Å²) in [5.41, 5.74) is 2.24. The lowest BCUT2D eigenvalue weighted by Crippen LogP contribution is -2.31. The Balaban J connectivity index is 1.96. The van der Waals surface area contributed by atoms with E-state index in [1.165, 1.54) is 6.08 Å². The van der Waals surface area contributed by atoms with Crippen LogP contribution < -0.4 is 15.4 Å². The van der Waals surface area contributed by atoms with Crippen molar-refractivity contribution in [3.8, 4) is 5.75 Å². The zero-order valence-electron chi connectivity index (χ0n) is 15.6. The molecule has 2 rings (SSSR count). The maximum absolute atomic E-state index is 12.1.